The minimum Gasteiger partial charge on any atom is -0.459 e. The van der Waals surface area contributed by atoms with Gasteiger partial charge in [0, 0.05) is 11.4 Å². The van der Waals surface area contributed by atoms with Crippen molar-refractivity contribution in [3.63, 3.8) is 0 Å². The van der Waals surface area contributed by atoms with Gasteiger partial charge in [0.2, 0.25) is 0 Å². The Morgan fingerprint density at radius 2 is 1.24 bits per heavy atom. The highest BCUT2D eigenvalue weighted by Gasteiger charge is 2.37. The van der Waals surface area contributed by atoms with Crippen molar-refractivity contribution in [3.05, 3.63) is 89.2 Å². The van der Waals surface area contributed by atoms with Crippen LogP contribution in [0, 0.1) is 13.8 Å². The van der Waals surface area contributed by atoms with Crippen molar-refractivity contribution < 1.29 is 4.74 Å². The molecular formula is C22H24N2O. The molecule has 3 aromatic rings. The number of ether oxygens (including phenoxy) is 1. The Morgan fingerprint density at radius 3 is 1.68 bits per heavy atom. The Kier molecular flexibility index (Phi) is 4.84. The molecule has 0 N–H and O–H groups in total. The Hall–Kier alpha value is -2.68. The van der Waals surface area contributed by atoms with Crippen LogP contribution in [0.25, 0.3) is 0 Å². The first-order valence-electron chi connectivity index (χ1n) is 8.60. The Bertz CT molecular complexity index is 771. The molecule has 0 aliphatic heterocycles. The number of aryl methyl sites for hydroxylation is 2. The van der Waals surface area contributed by atoms with Gasteiger partial charge in [0.25, 0.3) is 0 Å². The Labute approximate surface area is 149 Å². The van der Waals surface area contributed by atoms with E-state index in [1.165, 1.54) is 11.1 Å². The summed E-state index contributed by atoms with van der Waals surface area (Å²) in [7, 11) is 0. The summed E-state index contributed by atoms with van der Waals surface area (Å²) in [6.45, 7) is 8.21. The fraction of sp³-hybridized carbons (Fsp3) is 0.273. The molecule has 0 fully saturated rings. The summed E-state index contributed by atoms with van der Waals surface area (Å²) < 4.78 is 6.23. The molecule has 1 heterocycles. The molecule has 0 aliphatic carbocycles. The van der Waals surface area contributed by atoms with Gasteiger partial charge in [0.1, 0.15) is 6.10 Å². The number of hydrogen-bond acceptors (Lipinski definition) is 3. The maximum absolute atomic E-state index is 6.23. The van der Waals surface area contributed by atoms with E-state index >= 15 is 0 Å². The largest absolute Gasteiger partial charge is 0.459 e. The van der Waals surface area contributed by atoms with Crippen LogP contribution in [0.1, 0.15) is 36.4 Å². The molecule has 3 heteroatoms. The molecule has 3 nitrogen and oxygen atoms in total. The molecule has 0 aliphatic rings. The predicted molar refractivity (Wildman–Crippen MR) is 101 cm³/mol. The van der Waals surface area contributed by atoms with Gasteiger partial charge in [-0.25, -0.2) is 9.97 Å². The summed E-state index contributed by atoms with van der Waals surface area (Å²) in [6, 6.07) is 23.3. The van der Waals surface area contributed by atoms with Crippen molar-refractivity contribution in [2.45, 2.75) is 39.2 Å². The molecule has 25 heavy (non-hydrogen) atoms. The third-order valence-electron chi connectivity index (χ3n) is 4.80. The molecule has 0 saturated heterocycles. The maximum atomic E-state index is 6.23. The third kappa shape index (κ3) is 3.55. The van der Waals surface area contributed by atoms with Crippen LogP contribution in [0.2, 0.25) is 0 Å². The van der Waals surface area contributed by atoms with Crippen LogP contribution in [0.3, 0.4) is 0 Å². The van der Waals surface area contributed by atoms with Gasteiger partial charge in [-0.3, -0.25) is 0 Å². The lowest BCUT2D eigenvalue weighted by Gasteiger charge is -2.36. The van der Waals surface area contributed by atoms with Crippen LogP contribution >= 0.6 is 0 Å². The summed E-state index contributed by atoms with van der Waals surface area (Å²) in [4.78, 5) is 8.88. The first kappa shape index (κ1) is 17.2. The van der Waals surface area contributed by atoms with Crippen LogP contribution < -0.4 is 4.74 Å². The van der Waals surface area contributed by atoms with Crippen LogP contribution in [0.5, 0.6) is 6.01 Å². The van der Waals surface area contributed by atoms with E-state index in [9.17, 15) is 0 Å². The molecule has 128 valence electrons. The van der Waals surface area contributed by atoms with Gasteiger partial charge >= 0.3 is 6.01 Å². The number of benzene rings is 2. The maximum Gasteiger partial charge on any atom is 0.317 e. The number of aromatic nitrogens is 2. The molecular weight excluding hydrogens is 308 g/mol. The van der Waals surface area contributed by atoms with Gasteiger partial charge in [0.15, 0.2) is 0 Å². The minimum absolute atomic E-state index is 0.140. The molecule has 1 aromatic heterocycles. The predicted octanol–water partition coefficient (Wildman–Crippen LogP) is 4.87. The number of nitrogens with zero attached hydrogens (tertiary/aromatic N) is 2. The van der Waals surface area contributed by atoms with Gasteiger partial charge in [-0.2, -0.15) is 0 Å². The lowest BCUT2D eigenvalue weighted by Crippen LogP contribution is -2.40. The van der Waals surface area contributed by atoms with Crippen molar-refractivity contribution in [2.24, 2.45) is 0 Å². The zero-order chi connectivity index (χ0) is 17.9. The quantitative estimate of drug-likeness (QED) is 0.669. The lowest BCUT2D eigenvalue weighted by molar-refractivity contribution is 0.140. The standard InChI is InChI=1S/C22H24N2O/c1-16-15-17(2)24-21(23-16)25-18(3)22(4,19-11-7-5-8-12-19)20-13-9-6-10-14-20/h5-15,18H,1-4H3/t18-/m1/s1. The molecule has 0 saturated carbocycles. The minimum atomic E-state index is -0.316. The third-order valence-corrected chi connectivity index (χ3v) is 4.80. The highest BCUT2D eigenvalue weighted by Crippen LogP contribution is 2.36. The summed E-state index contributed by atoms with van der Waals surface area (Å²) >= 11 is 0. The van der Waals surface area contributed by atoms with E-state index in [0.717, 1.165) is 11.4 Å². The second kappa shape index (κ2) is 7.06. The smallest absolute Gasteiger partial charge is 0.317 e. The summed E-state index contributed by atoms with van der Waals surface area (Å²) in [5.41, 5.74) is 3.92. The second-order valence-electron chi connectivity index (χ2n) is 6.63. The van der Waals surface area contributed by atoms with E-state index in [0.29, 0.717) is 6.01 Å². The molecule has 3 rings (SSSR count). The Balaban J connectivity index is 2.02. The van der Waals surface area contributed by atoms with E-state index in [1.807, 2.05) is 32.0 Å². The zero-order valence-electron chi connectivity index (χ0n) is 15.2. The van der Waals surface area contributed by atoms with Crippen molar-refractivity contribution in [3.8, 4) is 6.01 Å². The Morgan fingerprint density at radius 1 is 0.800 bits per heavy atom. The van der Waals surface area contributed by atoms with E-state index in [4.69, 9.17) is 4.74 Å². The highest BCUT2D eigenvalue weighted by atomic mass is 16.5. The molecule has 0 amide bonds. The monoisotopic (exact) mass is 332 g/mol. The van der Waals surface area contributed by atoms with Gasteiger partial charge in [0.05, 0.1) is 5.41 Å². The molecule has 0 unspecified atom stereocenters. The van der Waals surface area contributed by atoms with Crippen LogP contribution in [0.4, 0.5) is 0 Å². The summed E-state index contributed by atoms with van der Waals surface area (Å²) in [6.07, 6.45) is -0.140. The zero-order valence-corrected chi connectivity index (χ0v) is 15.2. The fourth-order valence-corrected chi connectivity index (χ4v) is 3.23. The van der Waals surface area contributed by atoms with Gasteiger partial charge in [-0.1, -0.05) is 60.7 Å². The van der Waals surface area contributed by atoms with Crippen LogP contribution in [0.15, 0.2) is 66.7 Å². The molecule has 1 atom stereocenters. The number of hydrogen-bond donors (Lipinski definition) is 0. The van der Waals surface area contributed by atoms with Gasteiger partial charge < -0.3 is 4.74 Å². The van der Waals surface area contributed by atoms with Crippen molar-refractivity contribution in [1.29, 1.82) is 0 Å². The van der Waals surface area contributed by atoms with Crippen molar-refractivity contribution in [2.75, 3.05) is 0 Å². The lowest BCUT2D eigenvalue weighted by atomic mass is 9.72. The van der Waals surface area contributed by atoms with Crippen LogP contribution in [-0.2, 0) is 5.41 Å². The first-order valence-corrected chi connectivity index (χ1v) is 8.60. The molecule has 0 bridgehead atoms. The summed E-state index contributed by atoms with van der Waals surface area (Å²) in [5, 5.41) is 0. The number of rotatable bonds is 5. The average Bonchev–Trinajstić information content (AvgIpc) is 2.61. The molecule has 0 spiro atoms. The first-order chi connectivity index (χ1) is 12.0. The summed E-state index contributed by atoms with van der Waals surface area (Å²) in [5.74, 6) is 0. The molecule has 0 radical (unpaired) electrons. The van der Waals surface area contributed by atoms with E-state index < -0.39 is 0 Å². The fourth-order valence-electron chi connectivity index (χ4n) is 3.23. The molecule has 2 aromatic carbocycles. The van der Waals surface area contributed by atoms with Gasteiger partial charge in [-0.15, -0.1) is 0 Å². The topological polar surface area (TPSA) is 35.0 Å². The van der Waals surface area contributed by atoms with E-state index in [1.54, 1.807) is 0 Å². The second-order valence-corrected chi connectivity index (χ2v) is 6.63. The van der Waals surface area contributed by atoms with Gasteiger partial charge in [-0.05, 0) is 44.9 Å². The average molecular weight is 332 g/mol. The highest BCUT2D eigenvalue weighted by molar-refractivity contribution is 5.40. The van der Waals surface area contributed by atoms with E-state index in [2.05, 4.69) is 72.3 Å². The van der Waals surface area contributed by atoms with Crippen LogP contribution in [-0.4, -0.2) is 16.1 Å². The van der Waals surface area contributed by atoms with E-state index in [-0.39, 0.29) is 11.5 Å². The SMILES string of the molecule is Cc1cc(C)nc(O[C@H](C)C(C)(c2ccccc2)c2ccccc2)n1. The van der Waals surface area contributed by atoms with Crippen molar-refractivity contribution in [1.82, 2.24) is 9.97 Å². The normalized spacial score (nSPS) is 12.6. The van der Waals surface area contributed by atoms with Crippen molar-refractivity contribution >= 4 is 0 Å².